The molecule has 0 saturated carbocycles. The molecule has 1 aromatic carbocycles. The largest absolute Gasteiger partial charge is 0.296 e. The number of anilines is 1. The lowest BCUT2D eigenvalue weighted by molar-refractivity contribution is 0.102. The molecule has 0 unspecified atom stereocenters. The molecule has 2 aromatic heterocycles. The predicted molar refractivity (Wildman–Crippen MR) is 102 cm³/mol. The van der Waals surface area contributed by atoms with Crippen LogP contribution < -0.4 is 10.0 Å². The van der Waals surface area contributed by atoms with E-state index in [-0.39, 0.29) is 17.0 Å². The number of amides is 1. The predicted octanol–water partition coefficient (Wildman–Crippen LogP) is 2.43. The zero-order chi connectivity index (χ0) is 18.6. The number of nitrogens with zero attached hydrogens (tertiary/aromatic N) is 2. The normalized spacial score (nSPS) is 11.0. The maximum absolute atomic E-state index is 12.4. The quantitative estimate of drug-likeness (QED) is 0.615. The van der Waals surface area contributed by atoms with Crippen molar-refractivity contribution in [1.82, 2.24) is 14.9 Å². The van der Waals surface area contributed by atoms with Crippen LogP contribution in [0.2, 0.25) is 0 Å². The summed E-state index contributed by atoms with van der Waals surface area (Å²) in [6.45, 7) is -0.130. The lowest BCUT2D eigenvalue weighted by Gasteiger charge is -2.06. The first-order valence-corrected chi connectivity index (χ1v) is 10.4. The Bertz CT molecular complexity index is 1070. The van der Waals surface area contributed by atoms with Gasteiger partial charge in [0.15, 0.2) is 0 Å². The van der Waals surface area contributed by atoms with Crippen LogP contribution in [0.15, 0.2) is 46.0 Å². The molecule has 0 radical (unpaired) electrons. The Morgan fingerprint density at radius 1 is 1.27 bits per heavy atom. The number of hydrogen-bond acceptors (Lipinski definition) is 7. The van der Waals surface area contributed by atoms with Gasteiger partial charge in [-0.2, -0.15) is 16.1 Å². The Balaban J connectivity index is 1.77. The van der Waals surface area contributed by atoms with Gasteiger partial charge in [0, 0.05) is 16.5 Å². The molecule has 3 aromatic rings. The van der Waals surface area contributed by atoms with E-state index in [4.69, 9.17) is 6.42 Å². The van der Waals surface area contributed by atoms with Crippen molar-refractivity contribution in [3.63, 3.8) is 0 Å². The summed E-state index contributed by atoms with van der Waals surface area (Å²) in [7, 11) is -3.77. The first-order valence-electron chi connectivity index (χ1n) is 7.20. The maximum atomic E-state index is 12.4. The molecule has 0 saturated heterocycles. The van der Waals surface area contributed by atoms with Crippen LogP contribution in [0.4, 0.5) is 5.13 Å². The van der Waals surface area contributed by atoms with Crippen LogP contribution in [-0.4, -0.2) is 31.1 Å². The Kier molecular flexibility index (Phi) is 5.43. The van der Waals surface area contributed by atoms with E-state index in [0.717, 1.165) is 5.56 Å². The van der Waals surface area contributed by atoms with E-state index in [2.05, 4.69) is 26.2 Å². The second-order valence-corrected chi connectivity index (χ2v) is 8.46. The number of terminal acetylenes is 1. The molecule has 0 fully saturated rings. The van der Waals surface area contributed by atoms with Crippen LogP contribution >= 0.6 is 22.7 Å². The van der Waals surface area contributed by atoms with E-state index in [1.54, 1.807) is 11.3 Å². The molecule has 7 nitrogen and oxygen atoms in total. The third kappa shape index (κ3) is 4.14. The monoisotopic (exact) mass is 404 g/mol. The second-order valence-electron chi connectivity index (χ2n) is 4.94. The average molecular weight is 404 g/mol. The highest BCUT2D eigenvalue weighted by atomic mass is 32.2. The van der Waals surface area contributed by atoms with Crippen LogP contribution in [0.3, 0.4) is 0 Å². The molecule has 3 rings (SSSR count). The van der Waals surface area contributed by atoms with Crippen molar-refractivity contribution in [2.45, 2.75) is 4.90 Å². The average Bonchev–Trinajstić information content (AvgIpc) is 3.31. The highest BCUT2D eigenvalue weighted by molar-refractivity contribution is 7.89. The topological polar surface area (TPSA) is 101 Å². The van der Waals surface area contributed by atoms with E-state index < -0.39 is 15.9 Å². The van der Waals surface area contributed by atoms with Gasteiger partial charge in [-0.25, -0.2) is 8.42 Å². The van der Waals surface area contributed by atoms with E-state index in [1.165, 1.54) is 35.6 Å². The van der Waals surface area contributed by atoms with Crippen molar-refractivity contribution in [3.8, 4) is 22.9 Å². The van der Waals surface area contributed by atoms with Crippen molar-refractivity contribution in [1.29, 1.82) is 0 Å². The molecule has 132 valence electrons. The number of carbonyl (C=O) groups is 1. The van der Waals surface area contributed by atoms with Crippen molar-refractivity contribution in [3.05, 3.63) is 46.7 Å². The summed E-state index contributed by atoms with van der Waals surface area (Å²) in [6, 6.07) is 7.56. The number of rotatable bonds is 6. The van der Waals surface area contributed by atoms with Crippen LogP contribution in [0.1, 0.15) is 10.4 Å². The molecular formula is C16H12N4O3S3. The molecular weight excluding hydrogens is 392 g/mol. The van der Waals surface area contributed by atoms with Crippen LogP contribution in [0, 0.1) is 12.3 Å². The molecule has 0 aliphatic heterocycles. The fraction of sp³-hybridized carbons (Fsp3) is 0.0625. The van der Waals surface area contributed by atoms with Crippen LogP contribution in [0.25, 0.3) is 10.6 Å². The molecule has 0 aliphatic carbocycles. The summed E-state index contributed by atoms with van der Waals surface area (Å²) >= 11 is 2.77. The van der Waals surface area contributed by atoms with Gasteiger partial charge in [-0.05, 0) is 29.6 Å². The first-order chi connectivity index (χ1) is 12.5. The molecule has 0 spiro atoms. The van der Waals surface area contributed by atoms with E-state index in [1.807, 2.05) is 16.8 Å². The first kappa shape index (κ1) is 18.2. The Hall–Kier alpha value is -2.58. The summed E-state index contributed by atoms with van der Waals surface area (Å²) in [5, 5.41) is 15.5. The third-order valence-corrected chi connectivity index (χ3v) is 6.15. The van der Waals surface area contributed by atoms with Gasteiger partial charge in [0.05, 0.1) is 11.4 Å². The number of thiophene rings is 1. The number of hydrogen-bond donors (Lipinski definition) is 2. The van der Waals surface area contributed by atoms with Gasteiger partial charge in [0.25, 0.3) is 5.91 Å². The van der Waals surface area contributed by atoms with Gasteiger partial charge < -0.3 is 0 Å². The SMILES string of the molecule is C#CCNS(=O)(=O)c1cccc(C(=O)Nc2nnc(-c3ccsc3)s2)c1. The highest BCUT2D eigenvalue weighted by Gasteiger charge is 2.17. The number of nitrogens with one attached hydrogen (secondary N) is 2. The summed E-state index contributed by atoms with van der Waals surface area (Å²) < 4.78 is 26.4. The molecule has 26 heavy (non-hydrogen) atoms. The van der Waals surface area contributed by atoms with Gasteiger partial charge in [-0.15, -0.1) is 16.6 Å². The van der Waals surface area contributed by atoms with Crippen molar-refractivity contribution < 1.29 is 13.2 Å². The number of carbonyl (C=O) groups excluding carboxylic acids is 1. The van der Waals surface area contributed by atoms with Gasteiger partial charge in [0.2, 0.25) is 15.2 Å². The smallest absolute Gasteiger partial charge is 0.257 e. The maximum Gasteiger partial charge on any atom is 0.257 e. The van der Waals surface area contributed by atoms with Gasteiger partial charge in [-0.3, -0.25) is 10.1 Å². The Labute approximate surface area is 158 Å². The molecule has 0 bridgehead atoms. The molecule has 0 atom stereocenters. The number of sulfonamides is 1. The standard InChI is InChI=1S/C16H12N4O3S3/c1-2-7-17-26(22,23)13-5-3-4-11(9-13)14(21)18-16-20-19-15(25-16)12-6-8-24-10-12/h1,3-6,8-10,17H,7H2,(H,18,20,21). The summed E-state index contributed by atoms with van der Waals surface area (Å²) in [5.74, 6) is 1.72. The summed E-state index contributed by atoms with van der Waals surface area (Å²) in [6.07, 6.45) is 5.06. The molecule has 10 heteroatoms. The Morgan fingerprint density at radius 3 is 2.85 bits per heavy atom. The molecule has 2 N–H and O–H groups in total. The fourth-order valence-corrected chi connectivity index (χ4v) is 4.40. The number of aromatic nitrogens is 2. The van der Waals surface area contributed by atoms with E-state index in [9.17, 15) is 13.2 Å². The zero-order valence-electron chi connectivity index (χ0n) is 13.2. The minimum atomic E-state index is -3.77. The van der Waals surface area contributed by atoms with Gasteiger partial charge >= 0.3 is 0 Å². The van der Waals surface area contributed by atoms with E-state index in [0.29, 0.717) is 10.1 Å². The van der Waals surface area contributed by atoms with Gasteiger partial charge in [-0.1, -0.05) is 23.3 Å². The van der Waals surface area contributed by atoms with Crippen molar-refractivity contribution >= 4 is 43.7 Å². The second kappa shape index (κ2) is 7.76. The number of benzene rings is 1. The minimum Gasteiger partial charge on any atom is -0.296 e. The zero-order valence-corrected chi connectivity index (χ0v) is 15.6. The van der Waals surface area contributed by atoms with Crippen molar-refractivity contribution in [2.75, 3.05) is 11.9 Å². The van der Waals surface area contributed by atoms with E-state index >= 15 is 0 Å². The molecule has 2 heterocycles. The molecule has 1 amide bonds. The van der Waals surface area contributed by atoms with Crippen LogP contribution in [-0.2, 0) is 10.0 Å². The minimum absolute atomic E-state index is 0.0448. The van der Waals surface area contributed by atoms with Crippen molar-refractivity contribution in [2.24, 2.45) is 0 Å². The summed E-state index contributed by atoms with van der Waals surface area (Å²) in [5.41, 5.74) is 1.11. The summed E-state index contributed by atoms with van der Waals surface area (Å²) in [4.78, 5) is 12.3. The van der Waals surface area contributed by atoms with Gasteiger partial charge in [0.1, 0.15) is 5.01 Å². The Morgan fingerprint density at radius 2 is 2.12 bits per heavy atom. The fourth-order valence-electron chi connectivity index (χ4n) is 1.97. The highest BCUT2D eigenvalue weighted by Crippen LogP contribution is 2.28. The molecule has 0 aliphatic rings. The van der Waals surface area contributed by atoms with Crippen LogP contribution in [0.5, 0.6) is 0 Å². The lowest BCUT2D eigenvalue weighted by atomic mass is 10.2. The third-order valence-electron chi connectivity index (χ3n) is 3.18. The lowest BCUT2D eigenvalue weighted by Crippen LogP contribution is -2.24.